The van der Waals surface area contributed by atoms with Crippen LogP contribution in [-0.2, 0) is 17.7 Å². The Kier molecular flexibility index (Phi) is 2.60. The molecular formula is C12H14ClN5O. The smallest absolute Gasteiger partial charge is 0.226 e. The molecule has 2 aliphatic rings. The van der Waals surface area contributed by atoms with Gasteiger partial charge in [0, 0.05) is 26.1 Å². The summed E-state index contributed by atoms with van der Waals surface area (Å²) in [6.07, 6.45) is 2.14. The van der Waals surface area contributed by atoms with Gasteiger partial charge in [-0.05, 0) is 18.0 Å². The summed E-state index contributed by atoms with van der Waals surface area (Å²) >= 11 is 6.08. The highest BCUT2D eigenvalue weighted by atomic mass is 35.5. The van der Waals surface area contributed by atoms with Crippen LogP contribution < -0.4 is 4.90 Å². The zero-order valence-electron chi connectivity index (χ0n) is 10.5. The molecule has 0 saturated carbocycles. The van der Waals surface area contributed by atoms with Gasteiger partial charge in [-0.2, -0.15) is 9.97 Å². The molecule has 0 aliphatic carbocycles. The third kappa shape index (κ3) is 1.78. The number of anilines is 1. The van der Waals surface area contributed by atoms with E-state index in [1.165, 1.54) is 0 Å². The normalized spacial score (nSPS) is 19.1. The summed E-state index contributed by atoms with van der Waals surface area (Å²) in [6, 6.07) is 0. The van der Waals surface area contributed by atoms with Crippen LogP contribution in [0.15, 0.2) is 0 Å². The molecule has 0 atom stereocenters. The molecule has 4 heterocycles. The van der Waals surface area contributed by atoms with Crippen molar-refractivity contribution in [3.63, 3.8) is 0 Å². The summed E-state index contributed by atoms with van der Waals surface area (Å²) in [5.41, 5.74) is 1.75. The molecule has 19 heavy (non-hydrogen) atoms. The van der Waals surface area contributed by atoms with E-state index in [1.54, 1.807) is 0 Å². The van der Waals surface area contributed by atoms with E-state index in [4.69, 9.17) is 21.3 Å². The lowest BCUT2D eigenvalue weighted by Crippen LogP contribution is -2.37. The van der Waals surface area contributed by atoms with Crippen LogP contribution in [0.2, 0.25) is 5.28 Å². The maximum absolute atomic E-state index is 6.08. The van der Waals surface area contributed by atoms with Crippen molar-refractivity contribution in [2.24, 2.45) is 0 Å². The fourth-order valence-electron chi connectivity index (χ4n) is 2.82. The van der Waals surface area contributed by atoms with Gasteiger partial charge in [0.25, 0.3) is 0 Å². The number of nitrogens with zero attached hydrogens (tertiary/aromatic N) is 5. The summed E-state index contributed by atoms with van der Waals surface area (Å²) in [4.78, 5) is 15.6. The van der Waals surface area contributed by atoms with E-state index < -0.39 is 0 Å². The van der Waals surface area contributed by atoms with Crippen LogP contribution in [-0.4, -0.2) is 45.8 Å². The number of hydrogen-bond acceptors (Lipinski definition) is 5. The molecule has 0 amide bonds. The van der Waals surface area contributed by atoms with Crippen molar-refractivity contribution in [3.05, 3.63) is 11.1 Å². The summed E-state index contributed by atoms with van der Waals surface area (Å²) in [6.45, 7) is 4.06. The molecular weight excluding hydrogens is 266 g/mol. The van der Waals surface area contributed by atoms with Gasteiger partial charge in [0.2, 0.25) is 5.28 Å². The molecule has 2 aromatic heterocycles. The first-order valence-electron chi connectivity index (χ1n) is 6.58. The zero-order chi connectivity index (χ0) is 12.8. The molecule has 0 N–H and O–H groups in total. The van der Waals surface area contributed by atoms with Crippen molar-refractivity contribution in [1.29, 1.82) is 0 Å². The molecule has 2 aromatic rings. The largest absolute Gasteiger partial charge is 0.378 e. The number of ether oxygens (including phenoxy) is 1. The first kappa shape index (κ1) is 11.4. The van der Waals surface area contributed by atoms with Crippen molar-refractivity contribution in [2.75, 3.05) is 31.2 Å². The second-order valence-electron chi connectivity index (χ2n) is 4.87. The predicted molar refractivity (Wildman–Crippen MR) is 71.7 cm³/mol. The van der Waals surface area contributed by atoms with Crippen LogP contribution in [0.25, 0.3) is 11.2 Å². The van der Waals surface area contributed by atoms with Crippen molar-refractivity contribution in [2.45, 2.75) is 19.4 Å². The van der Waals surface area contributed by atoms with Crippen LogP contribution >= 0.6 is 11.6 Å². The number of aryl methyl sites for hydroxylation is 2. The number of imidazole rings is 1. The van der Waals surface area contributed by atoms with E-state index in [0.717, 1.165) is 68.5 Å². The zero-order valence-corrected chi connectivity index (χ0v) is 11.2. The van der Waals surface area contributed by atoms with Crippen LogP contribution in [0.1, 0.15) is 12.2 Å². The summed E-state index contributed by atoms with van der Waals surface area (Å²) in [5, 5.41) is 0.295. The van der Waals surface area contributed by atoms with Gasteiger partial charge in [0.05, 0.1) is 13.2 Å². The third-order valence-electron chi connectivity index (χ3n) is 3.72. The van der Waals surface area contributed by atoms with Gasteiger partial charge >= 0.3 is 0 Å². The lowest BCUT2D eigenvalue weighted by atomic mass is 10.3. The molecule has 0 bridgehead atoms. The van der Waals surface area contributed by atoms with E-state index in [-0.39, 0.29) is 0 Å². The highest BCUT2D eigenvalue weighted by molar-refractivity contribution is 6.28. The van der Waals surface area contributed by atoms with Gasteiger partial charge in [0.1, 0.15) is 5.82 Å². The highest BCUT2D eigenvalue weighted by Crippen LogP contribution is 2.29. The maximum atomic E-state index is 6.08. The molecule has 100 valence electrons. The number of aromatic nitrogens is 4. The Morgan fingerprint density at radius 3 is 2.74 bits per heavy atom. The molecule has 0 aromatic carbocycles. The van der Waals surface area contributed by atoms with Gasteiger partial charge in [-0.25, -0.2) is 4.98 Å². The lowest BCUT2D eigenvalue weighted by molar-refractivity contribution is 0.122. The van der Waals surface area contributed by atoms with E-state index in [2.05, 4.69) is 19.4 Å². The topological polar surface area (TPSA) is 56.1 Å². The molecule has 0 radical (unpaired) electrons. The quantitative estimate of drug-likeness (QED) is 0.736. The monoisotopic (exact) mass is 279 g/mol. The molecule has 4 rings (SSSR count). The van der Waals surface area contributed by atoms with Gasteiger partial charge < -0.3 is 14.2 Å². The van der Waals surface area contributed by atoms with E-state index in [9.17, 15) is 0 Å². The average molecular weight is 280 g/mol. The fourth-order valence-corrected chi connectivity index (χ4v) is 2.98. The summed E-state index contributed by atoms with van der Waals surface area (Å²) in [5.74, 6) is 1.95. The van der Waals surface area contributed by atoms with Gasteiger partial charge in [-0.1, -0.05) is 0 Å². The van der Waals surface area contributed by atoms with Gasteiger partial charge in [0.15, 0.2) is 17.0 Å². The number of halogens is 1. The third-order valence-corrected chi connectivity index (χ3v) is 3.89. The summed E-state index contributed by atoms with van der Waals surface area (Å²) < 4.78 is 7.54. The Balaban J connectivity index is 1.89. The number of morpholine rings is 1. The second kappa shape index (κ2) is 4.31. The number of rotatable bonds is 1. The van der Waals surface area contributed by atoms with Crippen LogP contribution in [0.5, 0.6) is 0 Å². The molecule has 0 spiro atoms. The highest BCUT2D eigenvalue weighted by Gasteiger charge is 2.24. The second-order valence-corrected chi connectivity index (χ2v) is 5.21. The SMILES string of the molecule is Clc1nc(N2CCOCC2)c2nc3n(c2n1)CCC3. The first-order chi connectivity index (χ1) is 9.33. The molecule has 1 fully saturated rings. The Labute approximate surface area is 115 Å². The fraction of sp³-hybridized carbons (Fsp3) is 0.583. The van der Waals surface area contributed by atoms with Crippen molar-refractivity contribution in [1.82, 2.24) is 19.5 Å². The summed E-state index contributed by atoms with van der Waals surface area (Å²) in [7, 11) is 0. The van der Waals surface area contributed by atoms with Crippen LogP contribution in [0.4, 0.5) is 5.82 Å². The molecule has 1 saturated heterocycles. The number of fused-ring (bicyclic) bond motifs is 3. The van der Waals surface area contributed by atoms with Gasteiger partial charge in [-0.15, -0.1) is 0 Å². The van der Waals surface area contributed by atoms with E-state index >= 15 is 0 Å². The van der Waals surface area contributed by atoms with Crippen LogP contribution in [0, 0.1) is 0 Å². The minimum absolute atomic E-state index is 0.295. The minimum atomic E-state index is 0.295. The minimum Gasteiger partial charge on any atom is -0.378 e. The predicted octanol–water partition coefficient (Wildman–Crippen LogP) is 1.26. The molecule has 7 heteroatoms. The first-order valence-corrected chi connectivity index (χ1v) is 6.96. The van der Waals surface area contributed by atoms with Gasteiger partial charge in [-0.3, -0.25) is 0 Å². The lowest BCUT2D eigenvalue weighted by Gasteiger charge is -2.27. The van der Waals surface area contributed by atoms with E-state index in [1.807, 2.05) is 0 Å². The van der Waals surface area contributed by atoms with Crippen LogP contribution in [0.3, 0.4) is 0 Å². The van der Waals surface area contributed by atoms with Crippen molar-refractivity contribution < 1.29 is 4.74 Å². The Morgan fingerprint density at radius 2 is 1.89 bits per heavy atom. The van der Waals surface area contributed by atoms with Crippen molar-refractivity contribution in [3.8, 4) is 0 Å². The number of hydrogen-bond donors (Lipinski definition) is 0. The Hall–Kier alpha value is -1.40. The average Bonchev–Trinajstić information content (AvgIpc) is 3.00. The molecule has 2 aliphatic heterocycles. The van der Waals surface area contributed by atoms with Crippen molar-refractivity contribution >= 4 is 28.6 Å². The maximum Gasteiger partial charge on any atom is 0.226 e. The standard InChI is InChI=1S/C12H14ClN5O/c13-12-15-10(17-4-6-19-7-5-17)9-11(16-12)18-3-1-2-8(18)14-9/h1-7H2. The molecule has 0 unspecified atom stereocenters. The Bertz CT molecular complexity index is 635. The van der Waals surface area contributed by atoms with E-state index in [0.29, 0.717) is 5.28 Å². The molecule has 6 nitrogen and oxygen atoms in total. The Morgan fingerprint density at radius 1 is 1.05 bits per heavy atom.